The maximum Gasteiger partial charge on any atom is 0.252 e. The molecule has 7 heteroatoms. The van der Waals surface area contributed by atoms with Gasteiger partial charge < -0.3 is 20.4 Å². The van der Waals surface area contributed by atoms with Crippen molar-refractivity contribution in [3.63, 3.8) is 0 Å². The molecular weight excluding hydrogens is 452 g/mol. The van der Waals surface area contributed by atoms with Gasteiger partial charge >= 0.3 is 0 Å². The summed E-state index contributed by atoms with van der Waals surface area (Å²) < 4.78 is 5.94. The first kappa shape index (κ1) is 22.5. The Labute approximate surface area is 208 Å². The van der Waals surface area contributed by atoms with Crippen LogP contribution in [0.25, 0.3) is 22.0 Å². The van der Waals surface area contributed by atoms with Crippen LogP contribution in [0.3, 0.4) is 0 Å². The van der Waals surface area contributed by atoms with E-state index in [9.17, 15) is 9.59 Å². The van der Waals surface area contributed by atoms with E-state index < -0.39 is 5.54 Å². The number of nitrogens with zero attached hydrogens (tertiary/aromatic N) is 1. The number of aryl methyl sites for hydroxylation is 1. The molecule has 2 fully saturated rings. The number of aromatic nitrogens is 2. The number of fused-ring (bicyclic) bond motifs is 1. The van der Waals surface area contributed by atoms with Crippen LogP contribution in [0.2, 0.25) is 0 Å². The van der Waals surface area contributed by atoms with Gasteiger partial charge in [-0.3, -0.25) is 14.6 Å². The lowest BCUT2D eigenvalue weighted by Gasteiger charge is -2.27. The summed E-state index contributed by atoms with van der Waals surface area (Å²) in [6.07, 6.45) is 6.29. The zero-order chi connectivity index (χ0) is 24.7. The highest BCUT2D eigenvalue weighted by Gasteiger charge is 2.47. The molecule has 7 nitrogen and oxygen atoms in total. The van der Waals surface area contributed by atoms with Crippen LogP contribution in [0.5, 0.6) is 5.75 Å². The number of ether oxygens (including phenoxy) is 1. The summed E-state index contributed by atoms with van der Waals surface area (Å²) in [7, 11) is 0. The van der Waals surface area contributed by atoms with Gasteiger partial charge in [0.1, 0.15) is 12.4 Å². The van der Waals surface area contributed by atoms with E-state index in [4.69, 9.17) is 4.74 Å². The third-order valence-corrected chi connectivity index (χ3v) is 7.29. The van der Waals surface area contributed by atoms with E-state index >= 15 is 0 Å². The Hall–Kier alpha value is -3.97. The molecule has 182 valence electrons. The summed E-state index contributed by atoms with van der Waals surface area (Å²) >= 11 is 0. The lowest BCUT2D eigenvalue weighted by atomic mass is 9.93. The van der Waals surface area contributed by atoms with Crippen LogP contribution in [0.15, 0.2) is 71.8 Å². The van der Waals surface area contributed by atoms with Gasteiger partial charge in [-0.25, -0.2) is 0 Å². The molecule has 1 amide bonds. The van der Waals surface area contributed by atoms with Crippen molar-refractivity contribution in [2.24, 2.45) is 0 Å². The first-order chi connectivity index (χ1) is 17.5. The predicted molar refractivity (Wildman–Crippen MR) is 139 cm³/mol. The Balaban J connectivity index is 1.32. The van der Waals surface area contributed by atoms with E-state index in [1.54, 1.807) is 18.5 Å². The fourth-order valence-corrected chi connectivity index (χ4v) is 4.83. The molecule has 1 aliphatic carbocycles. The molecule has 4 aromatic rings. The number of amides is 1. The number of benzene rings is 2. The van der Waals surface area contributed by atoms with Gasteiger partial charge in [-0.05, 0) is 91.4 Å². The molecular formula is C29H28N4O3. The largest absolute Gasteiger partial charge is 0.492 e. The monoisotopic (exact) mass is 480 g/mol. The van der Waals surface area contributed by atoms with Crippen molar-refractivity contribution in [1.82, 2.24) is 20.6 Å². The van der Waals surface area contributed by atoms with Crippen LogP contribution in [0, 0.1) is 6.92 Å². The van der Waals surface area contributed by atoms with Crippen molar-refractivity contribution >= 4 is 16.8 Å². The maximum atomic E-state index is 13.5. The molecule has 3 N–H and O–H groups in total. The smallest absolute Gasteiger partial charge is 0.252 e. The molecule has 0 radical (unpaired) electrons. The lowest BCUT2D eigenvalue weighted by molar-refractivity contribution is 0.0930. The van der Waals surface area contributed by atoms with Crippen molar-refractivity contribution in [3.8, 4) is 16.9 Å². The fourth-order valence-electron chi connectivity index (χ4n) is 4.83. The van der Waals surface area contributed by atoms with Gasteiger partial charge in [0.25, 0.3) is 5.91 Å². The Kier molecular flexibility index (Phi) is 5.57. The minimum Gasteiger partial charge on any atom is -0.492 e. The summed E-state index contributed by atoms with van der Waals surface area (Å²) in [5.74, 6) is 0.600. The van der Waals surface area contributed by atoms with Crippen molar-refractivity contribution in [1.29, 1.82) is 0 Å². The van der Waals surface area contributed by atoms with Gasteiger partial charge in [0, 0.05) is 35.5 Å². The molecule has 1 aliphatic heterocycles. The average Bonchev–Trinajstić information content (AvgIpc) is 3.64. The number of carbonyl (C=O) groups is 1. The van der Waals surface area contributed by atoms with Crippen molar-refractivity contribution in [3.05, 3.63) is 94.0 Å². The molecule has 0 spiro atoms. The number of rotatable bonds is 7. The Morgan fingerprint density at radius 2 is 2.00 bits per heavy atom. The molecule has 0 bridgehead atoms. The molecule has 6 rings (SSSR count). The van der Waals surface area contributed by atoms with E-state index in [-0.39, 0.29) is 11.5 Å². The number of nitrogens with one attached hydrogen (secondary N) is 3. The second-order valence-electron chi connectivity index (χ2n) is 9.80. The average molecular weight is 481 g/mol. The van der Waals surface area contributed by atoms with E-state index in [0.29, 0.717) is 24.0 Å². The van der Waals surface area contributed by atoms with Gasteiger partial charge in [-0.15, -0.1) is 0 Å². The molecule has 3 heterocycles. The molecule has 1 atom stereocenters. The van der Waals surface area contributed by atoms with E-state index in [0.717, 1.165) is 59.0 Å². The Bertz CT molecular complexity index is 1500. The third-order valence-electron chi connectivity index (χ3n) is 7.29. The van der Waals surface area contributed by atoms with Crippen LogP contribution in [0.4, 0.5) is 0 Å². The van der Waals surface area contributed by atoms with Crippen molar-refractivity contribution in [2.45, 2.75) is 37.8 Å². The summed E-state index contributed by atoms with van der Waals surface area (Å²) in [4.78, 5) is 32.5. The van der Waals surface area contributed by atoms with Crippen molar-refractivity contribution in [2.75, 3.05) is 13.2 Å². The van der Waals surface area contributed by atoms with Gasteiger partial charge in [-0.2, -0.15) is 0 Å². The second kappa shape index (κ2) is 8.91. The quantitative estimate of drug-likeness (QED) is 0.371. The molecule has 1 saturated carbocycles. The zero-order valence-electron chi connectivity index (χ0n) is 20.1. The summed E-state index contributed by atoms with van der Waals surface area (Å²) in [6, 6.07) is 17.5. The summed E-state index contributed by atoms with van der Waals surface area (Å²) in [5.41, 5.74) is 4.67. The van der Waals surface area contributed by atoms with E-state index in [1.165, 1.54) is 6.07 Å². The summed E-state index contributed by atoms with van der Waals surface area (Å²) in [6.45, 7) is 3.58. The predicted octanol–water partition coefficient (Wildman–Crippen LogP) is 4.06. The van der Waals surface area contributed by atoms with Gasteiger partial charge in [-0.1, -0.05) is 12.1 Å². The Morgan fingerprint density at radius 1 is 1.14 bits per heavy atom. The normalized spacial score (nSPS) is 17.9. The van der Waals surface area contributed by atoms with Crippen LogP contribution < -0.4 is 20.9 Å². The zero-order valence-corrected chi connectivity index (χ0v) is 20.1. The molecule has 2 aliphatic rings. The lowest BCUT2D eigenvalue weighted by Crippen LogP contribution is -2.46. The van der Waals surface area contributed by atoms with Crippen LogP contribution in [-0.2, 0) is 5.54 Å². The minimum absolute atomic E-state index is 0.108. The number of H-pyrrole nitrogens is 1. The molecule has 36 heavy (non-hydrogen) atoms. The SMILES string of the molecule is Cc1ccc(OCC2CCN2)cc1C(=O)NC1(c2cc(-c3ccc(=O)[nH]c3)cc3ncccc23)CC1. The van der Waals surface area contributed by atoms with Crippen LogP contribution in [-0.4, -0.2) is 35.1 Å². The second-order valence-corrected chi connectivity index (χ2v) is 9.80. The highest BCUT2D eigenvalue weighted by Crippen LogP contribution is 2.49. The van der Waals surface area contributed by atoms with Crippen LogP contribution in [0.1, 0.15) is 40.7 Å². The highest BCUT2D eigenvalue weighted by atomic mass is 16.5. The first-order valence-electron chi connectivity index (χ1n) is 12.4. The minimum atomic E-state index is -0.463. The van der Waals surface area contributed by atoms with Gasteiger partial charge in [0.2, 0.25) is 5.56 Å². The number of pyridine rings is 2. The number of aromatic amines is 1. The highest BCUT2D eigenvalue weighted by molar-refractivity contribution is 5.98. The first-order valence-corrected chi connectivity index (χ1v) is 12.4. The third kappa shape index (κ3) is 4.27. The number of hydrogen-bond acceptors (Lipinski definition) is 5. The van der Waals surface area contributed by atoms with Crippen LogP contribution >= 0.6 is 0 Å². The topological polar surface area (TPSA) is 96.1 Å². The maximum absolute atomic E-state index is 13.5. The summed E-state index contributed by atoms with van der Waals surface area (Å²) in [5, 5.41) is 7.69. The number of carbonyl (C=O) groups excluding carboxylic acids is 1. The van der Waals surface area contributed by atoms with E-state index in [2.05, 4.69) is 32.7 Å². The van der Waals surface area contributed by atoms with Gasteiger partial charge in [0.05, 0.1) is 11.1 Å². The standard InChI is InChI=1S/C29H28N4O3/c1-18-4-6-22(36-17-21-8-12-30-21)15-24(18)28(35)33-29(9-10-29)25-13-20(19-5-7-27(34)32-16-19)14-26-23(25)3-2-11-31-26/h2-7,11,13-16,21,30H,8-10,12,17H2,1H3,(H,32,34)(H,33,35). The molecule has 1 saturated heterocycles. The van der Waals surface area contributed by atoms with Crippen molar-refractivity contribution < 1.29 is 9.53 Å². The Morgan fingerprint density at radius 3 is 2.72 bits per heavy atom. The molecule has 1 unspecified atom stereocenters. The number of hydrogen-bond donors (Lipinski definition) is 3. The van der Waals surface area contributed by atoms with E-state index in [1.807, 2.05) is 37.3 Å². The fraction of sp³-hybridized carbons (Fsp3) is 0.276. The molecule has 2 aromatic carbocycles. The van der Waals surface area contributed by atoms with Gasteiger partial charge in [0.15, 0.2) is 0 Å². The molecule has 2 aromatic heterocycles.